The van der Waals surface area contributed by atoms with Crippen LogP contribution in [0.25, 0.3) is 77.1 Å². The molecule has 0 unspecified atom stereocenters. The number of nitrogens with zero attached hydrogens (tertiary/aromatic N) is 5. The van der Waals surface area contributed by atoms with Crippen molar-refractivity contribution >= 4 is 50.8 Å². The van der Waals surface area contributed by atoms with Crippen molar-refractivity contribution in [3.8, 4) is 44.6 Å². The van der Waals surface area contributed by atoms with Gasteiger partial charge in [0.1, 0.15) is 0 Å². The number of rotatable bonds is 8. The second-order valence-corrected chi connectivity index (χ2v) is 15.0. The van der Waals surface area contributed by atoms with Crippen LogP contribution in [0.1, 0.15) is 16.7 Å². The van der Waals surface area contributed by atoms with Crippen LogP contribution in [0.2, 0.25) is 0 Å². The predicted molar refractivity (Wildman–Crippen MR) is 256 cm³/mol. The Hall–Kier alpha value is -8.15. The SMILES string of the molecule is C=NC(=NC(=NCc1cc(-c2ccc(-c3cccc4ccccc34)cc2)cc(-c2ccc(-c3nc4ccccc4c4ccncc34)cc2)c1)c1ccccc1)c1ccccc1. The van der Waals surface area contributed by atoms with Crippen LogP contribution in [0.4, 0.5) is 0 Å². The summed E-state index contributed by atoms with van der Waals surface area (Å²) in [5, 5.41) is 5.76. The summed E-state index contributed by atoms with van der Waals surface area (Å²) in [7, 11) is 0. The molecular weight excluding hydrogens is 743 g/mol. The molecule has 5 nitrogen and oxygen atoms in total. The van der Waals surface area contributed by atoms with E-state index >= 15 is 0 Å². The summed E-state index contributed by atoms with van der Waals surface area (Å²) in [4.78, 5) is 24.0. The third-order valence-corrected chi connectivity index (χ3v) is 11.1. The lowest BCUT2D eigenvalue weighted by Gasteiger charge is -2.13. The van der Waals surface area contributed by atoms with Gasteiger partial charge in [-0.1, -0.05) is 170 Å². The molecule has 0 saturated carbocycles. The summed E-state index contributed by atoms with van der Waals surface area (Å²) in [5.41, 5.74) is 12.6. The summed E-state index contributed by atoms with van der Waals surface area (Å²) in [5.74, 6) is 1.11. The van der Waals surface area contributed by atoms with Gasteiger partial charge >= 0.3 is 0 Å². The molecule has 0 aliphatic rings. The molecule has 0 spiro atoms. The molecule has 0 N–H and O–H groups in total. The summed E-state index contributed by atoms with van der Waals surface area (Å²) in [6.07, 6.45) is 3.77. The van der Waals surface area contributed by atoms with E-state index in [2.05, 4.69) is 150 Å². The fraction of sp³-hybridized carbons (Fsp3) is 0.0179. The fourth-order valence-corrected chi connectivity index (χ4v) is 8.10. The third-order valence-electron chi connectivity index (χ3n) is 11.1. The number of amidine groups is 2. The molecule has 10 aromatic rings. The Morgan fingerprint density at radius 1 is 0.459 bits per heavy atom. The zero-order valence-corrected chi connectivity index (χ0v) is 33.4. The maximum absolute atomic E-state index is 5.16. The van der Waals surface area contributed by atoms with Crippen LogP contribution >= 0.6 is 0 Å². The van der Waals surface area contributed by atoms with Crippen molar-refractivity contribution in [2.75, 3.05) is 0 Å². The average Bonchev–Trinajstić information content (AvgIpc) is 3.34. The van der Waals surface area contributed by atoms with Crippen LogP contribution < -0.4 is 0 Å². The van der Waals surface area contributed by atoms with E-state index < -0.39 is 0 Å². The Labute approximate surface area is 354 Å². The number of benzene rings is 8. The van der Waals surface area contributed by atoms with E-state index in [1.165, 1.54) is 21.9 Å². The van der Waals surface area contributed by atoms with E-state index in [9.17, 15) is 0 Å². The van der Waals surface area contributed by atoms with Crippen molar-refractivity contribution in [2.45, 2.75) is 6.54 Å². The van der Waals surface area contributed by atoms with Gasteiger partial charge in [-0.05, 0) is 92.2 Å². The molecular formula is C56H39N5. The molecule has 0 saturated heterocycles. The van der Waals surface area contributed by atoms with Gasteiger partial charge in [-0.3, -0.25) is 9.98 Å². The molecule has 10 rings (SSSR count). The van der Waals surface area contributed by atoms with Gasteiger partial charge in [-0.2, -0.15) is 0 Å². The fourth-order valence-electron chi connectivity index (χ4n) is 8.10. The minimum absolute atomic E-state index is 0.403. The lowest BCUT2D eigenvalue weighted by atomic mass is 9.93. The Morgan fingerprint density at radius 3 is 1.75 bits per heavy atom. The van der Waals surface area contributed by atoms with Gasteiger partial charge in [0.2, 0.25) is 0 Å². The number of aromatic nitrogens is 2. The lowest BCUT2D eigenvalue weighted by Crippen LogP contribution is -2.05. The standard InChI is InChI=1S/C56H39N5/c1-57-55(44-14-4-2-5-15-44)61-56(45-16-6-3-7-17-45)59-36-38-33-46(39-23-27-42(28-24-39)49-21-12-18-41-13-8-9-19-48(41)49)35-47(34-38)40-25-29-43(30-26-40)54-52-37-58-32-31-50(52)51-20-10-11-22-53(51)60-54/h2-35,37H,1,36H2. The number of fused-ring (bicyclic) bond motifs is 4. The van der Waals surface area contributed by atoms with Gasteiger partial charge in [0.25, 0.3) is 0 Å². The number of hydrogen-bond acceptors (Lipinski definition) is 3. The quantitative estimate of drug-likeness (QED) is 0.0875. The molecule has 0 radical (unpaired) electrons. The smallest absolute Gasteiger partial charge is 0.161 e. The molecule has 2 heterocycles. The van der Waals surface area contributed by atoms with Crippen molar-refractivity contribution < 1.29 is 0 Å². The van der Waals surface area contributed by atoms with E-state index in [1.807, 2.05) is 79.1 Å². The average molecular weight is 782 g/mol. The van der Waals surface area contributed by atoms with Gasteiger partial charge in [0.15, 0.2) is 11.7 Å². The minimum atomic E-state index is 0.403. The number of pyridine rings is 2. The topological polar surface area (TPSA) is 62.9 Å². The maximum Gasteiger partial charge on any atom is 0.161 e. The van der Waals surface area contributed by atoms with Gasteiger partial charge < -0.3 is 0 Å². The van der Waals surface area contributed by atoms with Crippen LogP contribution in [-0.4, -0.2) is 28.4 Å². The molecule has 5 heteroatoms. The Morgan fingerprint density at radius 2 is 1.05 bits per heavy atom. The Bertz CT molecular complexity index is 3260. The van der Waals surface area contributed by atoms with Crippen LogP contribution in [0.3, 0.4) is 0 Å². The van der Waals surface area contributed by atoms with E-state index in [0.717, 1.165) is 71.9 Å². The zero-order valence-electron chi connectivity index (χ0n) is 33.4. The summed E-state index contributed by atoms with van der Waals surface area (Å²) in [6, 6.07) is 69.7. The molecule has 288 valence electrons. The van der Waals surface area contributed by atoms with Crippen molar-refractivity contribution in [2.24, 2.45) is 15.0 Å². The van der Waals surface area contributed by atoms with Gasteiger partial charge in [-0.25, -0.2) is 15.0 Å². The van der Waals surface area contributed by atoms with Crippen LogP contribution in [0.5, 0.6) is 0 Å². The van der Waals surface area contributed by atoms with E-state index in [1.54, 1.807) is 0 Å². The molecule has 0 amide bonds. The van der Waals surface area contributed by atoms with Gasteiger partial charge in [0.05, 0.1) is 17.8 Å². The van der Waals surface area contributed by atoms with E-state index in [4.69, 9.17) is 15.0 Å². The van der Waals surface area contributed by atoms with Crippen LogP contribution in [0.15, 0.2) is 228 Å². The van der Waals surface area contributed by atoms with Crippen LogP contribution in [-0.2, 0) is 6.54 Å². The first-order valence-corrected chi connectivity index (χ1v) is 20.3. The molecule has 0 fully saturated rings. The third kappa shape index (κ3) is 7.64. The van der Waals surface area contributed by atoms with Crippen molar-refractivity contribution in [3.05, 3.63) is 229 Å². The molecule has 61 heavy (non-hydrogen) atoms. The molecule has 0 bridgehead atoms. The first-order chi connectivity index (χ1) is 30.2. The second-order valence-electron chi connectivity index (χ2n) is 15.0. The molecule has 0 aliphatic carbocycles. The number of para-hydroxylation sites is 1. The predicted octanol–water partition coefficient (Wildman–Crippen LogP) is 13.7. The molecule has 0 aliphatic heterocycles. The van der Waals surface area contributed by atoms with E-state index in [0.29, 0.717) is 18.2 Å². The van der Waals surface area contributed by atoms with Crippen molar-refractivity contribution in [1.29, 1.82) is 0 Å². The minimum Gasteiger partial charge on any atom is -0.264 e. The number of aliphatic imine (C=N–C) groups is 3. The monoisotopic (exact) mass is 781 g/mol. The highest BCUT2D eigenvalue weighted by atomic mass is 15.0. The second kappa shape index (κ2) is 16.6. The van der Waals surface area contributed by atoms with Gasteiger partial charge in [0, 0.05) is 39.9 Å². The van der Waals surface area contributed by atoms with Crippen molar-refractivity contribution in [1.82, 2.24) is 9.97 Å². The number of hydrogen-bond donors (Lipinski definition) is 0. The maximum atomic E-state index is 5.16. The summed E-state index contributed by atoms with van der Waals surface area (Å²) >= 11 is 0. The Balaban J connectivity index is 1.06. The summed E-state index contributed by atoms with van der Waals surface area (Å²) < 4.78 is 0. The largest absolute Gasteiger partial charge is 0.264 e. The molecule has 8 aromatic carbocycles. The van der Waals surface area contributed by atoms with E-state index in [-0.39, 0.29) is 0 Å². The first-order valence-electron chi connectivity index (χ1n) is 20.3. The Kier molecular flexibility index (Phi) is 10.1. The van der Waals surface area contributed by atoms with Crippen molar-refractivity contribution in [3.63, 3.8) is 0 Å². The highest BCUT2D eigenvalue weighted by Gasteiger charge is 2.13. The summed E-state index contributed by atoms with van der Waals surface area (Å²) in [6.45, 7) is 4.25. The molecule has 2 aromatic heterocycles. The zero-order chi connectivity index (χ0) is 41.0. The normalized spacial score (nSPS) is 11.9. The first kappa shape index (κ1) is 37.1. The highest BCUT2D eigenvalue weighted by molar-refractivity contribution is 6.13. The van der Waals surface area contributed by atoms with Gasteiger partial charge in [-0.15, -0.1) is 0 Å². The van der Waals surface area contributed by atoms with Crippen LogP contribution in [0, 0.1) is 0 Å². The highest BCUT2D eigenvalue weighted by Crippen LogP contribution is 2.36. The lowest BCUT2D eigenvalue weighted by molar-refractivity contribution is 1.06. The molecule has 0 atom stereocenters.